The van der Waals surface area contributed by atoms with Crippen molar-refractivity contribution in [3.63, 3.8) is 0 Å². The van der Waals surface area contributed by atoms with Crippen LogP contribution in [0.4, 0.5) is 4.39 Å². The molecule has 2 atom stereocenters. The van der Waals surface area contributed by atoms with Gasteiger partial charge in [-0.3, -0.25) is 0 Å². The van der Waals surface area contributed by atoms with Gasteiger partial charge in [0.1, 0.15) is 5.82 Å². The van der Waals surface area contributed by atoms with E-state index in [9.17, 15) is 4.39 Å². The highest BCUT2D eigenvalue weighted by atomic mass is 79.9. The highest BCUT2D eigenvalue weighted by Crippen LogP contribution is 2.26. The number of hydrogen-bond acceptors (Lipinski definition) is 1. The van der Waals surface area contributed by atoms with E-state index in [-0.39, 0.29) is 5.82 Å². The van der Waals surface area contributed by atoms with Crippen molar-refractivity contribution in [2.24, 2.45) is 5.92 Å². The predicted octanol–water partition coefficient (Wildman–Crippen LogP) is 3.93. The molecule has 1 saturated heterocycles. The number of ether oxygens (including phenoxy) is 1. The Morgan fingerprint density at radius 1 is 1.38 bits per heavy atom. The first-order valence-corrected chi connectivity index (χ1v) is 7.03. The minimum Gasteiger partial charge on any atom is -0.381 e. The van der Waals surface area contributed by atoms with E-state index in [2.05, 4.69) is 31.9 Å². The third kappa shape index (κ3) is 3.28. The quantitative estimate of drug-likeness (QED) is 0.733. The third-order valence-corrected chi connectivity index (χ3v) is 4.46. The van der Waals surface area contributed by atoms with Gasteiger partial charge in [0, 0.05) is 15.9 Å². The molecule has 0 aliphatic carbocycles. The first-order valence-electron chi connectivity index (χ1n) is 5.32. The molecule has 1 fully saturated rings. The zero-order chi connectivity index (χ0) is 11.5. The molecule has 0 bridgehead atoms. The van der Waals surface area contributed by atoms with Gasteiger partial charge >= 0.3 is 0 Å². The monoisotopic (exact) mass is 350 g/mol. The summed E-state index contributed by atoms with van der Waals surface area (Å²) in [5.74, 6) is 0.245. The Labute approximate surface area is 112 Å². The van der Waals surface area contributed by atoms with Crippen molar-refractivity contribution < 1.29 is 9.13 Å². The number of alkyl halides is 1. The molecule has 4 heteroatoms. The third-order valence-electron chi connectivity index (χ3n) is 2.80. The predicted molar refractivity (Wildman–Crippen MR) is 69.4 cm³/mol. The second-order valence-electron chi connectivity index (χ2n) is 4.12. The Hall–Kier alpha value is 0.0700. The van der Waals surface area contributed by atoms with Gasteiger partial charge in [0.15, 0.2) is 0 Å². The van der Waals surface area contributed by atoms with E-state index >= 15 is 0 Å². The first kappa shape index (κ1) is 12.5. The SMILES string of the molecule is Fc1cc(Br)cc(CC2COCCC2Br)c1. The van der Waals surface area contributed by atoms with Crippen LogP contribution in [0.25, 0.3) is 0 Å². The fourth-order valence-electron chi connectivity index (χ4n) is 1.99. The van der Waals surface area contributed by atoms with Crippen LogP contribution in [-0.2, 0) is 11.2 Å². The van der Waals surface area contributed by atoms with Gasteiger partial charge in [-0.1, -0.05) is 31.9 Å². The van der Waals surface area contributed by atoms with E-state index in [1.165, 1.54) is 6.07 Å². The largest absolute Gasteiger partial charge is 0.381 e. The van der Waals surface area contributed by atoms with Crippen LogP contribution >= 0.6 is 31.9 Å². The van der Waals surface area contributed by atoms with Gasteiger partial charge in [-0.25, -0.2) is 4.39 Å². The molecular weight excluding hydrogens is 339 g/mol. The van der Waals surface area contributed by atoms with Crippen LogP contribution in [-0.4, -0.2) is 18.0 Å². The second-order valence-corrected chi connectivity index (χ2v) is 6.21. The summed E-state index contributed by atoms with van der Waals surface area (Å²) in [7, 11) is 0. The van der Waals surface area contributed by atoms with Gasteiger partial charge in [0.2, 0.25) is 0 Å². The molecule has 2 unspecified atom stereocenters. The van der Waals surface area contributed by atoms with Crippen LogP contribution in [0.15, 0.2) is 22.7 Å². The molecule has 1 heterocycles. The highest BCUT2D eigenvalue weighted by Gasteiger charge is 2.23. The van der Waals surface area contributed by atoms with Gasteiger partial charge in [-0.15, -0.1) is 0 Å². The molecule has 0 N–H and O–H groups in total. The molecule has 0 saturated carbocycles. The van der Waals surface area contributed by atoms with Crippen molar-refractivity contribution in [1.29, 1.82) is 0 Å². The molecule has 0 radical (unpaired) electrons. The summed E-state index contributed by atoms with van der Waals surface area (Å²) < 4.78 is 19.5. The Morgan fingerprint density at radius 3 is 2.88 bits per heavy atom. The van der Waals surface area contributed by atoms with E-state index < -0.39 is 0 Å². The molecule has 88 valence electrons. The second kappa shape index (κ2) is 5.61. The number of hydrogen-bond donors (Lipinski definition) is 0. The maximum Gasteiger partial charge on any atom is 0.124 e. The molecule has 1 aromatic rings. The summed E-state index contributed by atoms with van der Waals surface area (Å²) in [6.45, 7) is 1.57. The summed E-state index contributed by atoms with van der Waals surface area (Å²) in [4.78, 5) is 0.475. The number of halogens is 3. The minimum absolute atomic E-state index is 0.188. The Balaban J connectivity index is 2.07. The lowest BCUT2D eigenvalue weighted by Gasteiger charge is -2.27. The van der Waals surface area contributed by atoms with Crippen LogP contribution in [0, 0.1) is 11.7 Å². The Kier molecular flexibility index (Phi) is 4.39. The minimum atomic E-state index is -0.188. The van der Waals surface area contributed by atoms with Crippen LogP contribution in [0.5, 0.6) is 0 Å². The average Bonchev–Trinajstić information content (AvgIpc) is 2.20. The van der Waals surface area contributed by atoms with Crippen molar-refractivity contribution in [3.05, 3.63) is 34.1 Å². The van der Waals surface area contributed by atoms with Gasteiger partial charge in [0.25, 0.3) is 0 Å². The van der Waals surface area contributed by atoms with Gasteiger partial charge in [-0.05, 0) is 42.5 Å². The Morgan fingerprint density at radius 2 is 2.19 bits per heavy atom. The Bertz CT molecular complexity index is 350. The summed E-state index contributed by atoms with van der Waals surface area (Å²) in [6.07, 6.45) is 1.88. The van der Waals surface area contributed by atoms with E-state index in [4.69, 9.17) is 4.74 Å². The lowest BCUT2D eigenvalue weighted by Crippen LogP contribution is -2.29. The lowest BCUT2D eigenvalue weighted by atomic mass is 9.94. The smallest absolute Gasteiger partial charge is 0.124 e. The van der Waals surface area contributed by atoms with Crippen molar-refractivity contribution in [2.75, 3.05) is 13.2 Å². The number of rotatable bonds is 2. The van der Waals surface area contributed by atoms with Crippen LogP contribution in [0.1, 0.15) is 12.0 Å². The topological polar surface area (TPSA) is 9.23 Å². The highest BCUT2D eigenvalue weighted by molar-refractivity contribution is 9.10. The van der Waals surface area contributed by atoms with E-state index in [0.717, 1.165) is 36.1 Å². The molecule has 1 nitrogen and oxygen atoms in total. The summed E-state index contributed by atoms with van der Waals surface area (Å²) in [6, 6.07) is 5.04. The molecular formula is C12H13Br2FO. The summed E-state index contributed by atoms with van der Waals surface area (Å²) in [5, 5.41) is 0. The molecule has 0 aromatic heterocycles. The lowest BCUT2D eigenvalue weighted by molar-refractivity contribution is 0.0605. The molecule has 1 aliphatic heterocycles. The van der Waals surface area contributed by atoms with Gasteiger partial charge in [-0.2, -0.15) is 0 Å². The molecule has 1 aliphatic rings. The molecule has 0 amide bonds. The zero-order valence-electron chi connectivity index (χ0n) is 8.76. The molecule has 2 rings (SSSR count). The standard InChI is InChI=1S/C12H13Br2FO/c13-10-4-8(5-11(15)6-10)3-9-7-16-2-1-12(9)14/h4-6,9,12H,1-3,7H2. The fourth-order valence-corrected chi connectivity index (χ4v) is 3.03. The first-order chi connectivity index (χ1) is 7.65. The maximum absolute atomic E-state index is 13.2. The maximum atomic E-state index is 13.2. The number of benzene rings is 1. The van der Waals surface area contributed by atoms with Crippen LogP contribution < -0.4 is 0 Å². The average molecular weight is 352 g/mol. The molecule has 0 spiro atoms. The van der Waals surface area contributed by atoms with Crippen molar-refractivity contribution in [1.82, 2.24) is 0 Å². The van der Waals surface area contributed by atoms with E-state index in [1.54, 1.807) is 6.07 Å². The normalized spacial score (nSPS) is 25.7. The van der Waals surface area contributed by atoms with Gasteiger partial charge in [0.05, 0.1) is 6.61 Å². The van der Waals surface area contributed by atoms with Crippen LogP contribution in [0.2, 0.25) is 0 Å². The van der Waals surface area contributed by atoms with Crippen molar-refractivity contribution >= 4 is 31.9 Å². The summed E-state index contributed by atoms with van der Waals surface area (Å²) in [5.41, 5.74) is 1.02. The van der Waals surface area contributed by atoms with Crippen molar-refractivity contribution in [3.8, 4) is 0 Å². The van der Waals surface area contributed by atoms with E-state index in [0.29, 0.717) is 10.7 Å². The molecule has 1 aromatic carbocycles. The fraction of sp³-hybridized carbons (Fsp3) is 0.500. The van der Waals surface area contributed by atoms with Crippen LogP contribution in [0.3, 0.4) is 0 Å². The van der Waals surface area contributed by atoms with Crippen molar-refractivity contribution in [2.45, 2.75) is 17.7 Å². The van der Waals surface area contributed by atoms with E-state index in [1.807, 2.05) is 6.07 Å². The molecule has 16 heavy (non-hydrogen) atoms. The zero-order valence-corrected chi connectivity index (χ0v) is 11.9. The summed E-state index contributed by atoms with van der Waals surface area (Å²) >= 11 is 6.97. The van der Waals surface area contributed by atoms with Gasteiger partial charge < -0.3 is 4.74 Å².